The monoisotopic (exact) mass is 443 g/mol. The summed E-state index contributed by atoms with van der Waals surface area (Å²) in [6, 6.07) is 16.2. The standard InChI is InChI=1S/C24H33N3O3S/c1-18(2)17-23(26-31(29,30)22-11-9-19(3)10-12-22)24(28)25-20-13-15-27(16-14-20)21-7-5-4-6-8-21/h4-12,18,20,23,26H,13-17H2,1-3H3,(H,25,28). The second kappa shape index (κ2) is 10.3. The Morgan fingerprint density at radius 3 is 2.23 bits per heavy atom. The summed E-state index contributed by atoms with van der Waals surface area (Å²) in [7, 11) is -3.77. The molecule has 0 aliphatic carbocycles. The number of rotatable bonds is 8. The Bertz CT molecular complexity index is 951. The number of hydrogen-bond donors (Lipinski definition) is 2. The van der Waals surface area contributed by atoms with Crippen molar-refractivity contribution in [1.29, 1.82) is 0 Å². The van der Waals surface area contributed by atoms with Gasteiger partial charge in [0.05, 0.1) is 4.90 Å². The quantitative estimate of drug-likeness (QED) is 0.655. The number of benzene rings is 2. The molecule has 31 heavy (non-hydrogen) atoms. The molecule has 1 unspecified atom stereocenters. The minimum atomic E-state index is -3.77. The van der Waals surface area contributed by atoms with Crippen molar-refractivity contribution in [2.24, 2.45) is 5.92 Å². The van der Waals surface area contributed by atoms with Gasteiger partial charge in [0.2, 0.25) is 15.9 Å². The maximum Gasteiger partial charge on any atom is 0.241 e. The van der Waals surface area contributed by atoms with E-state index in [1.54, 1.807) is 24.3 Å². The highest BCUT2D eigenvalue weighted by atomic mass is 32.2. The molecular formula is C24H33N3O3S. The molecule has 1 saturated heterocycles. The number of para-hydroxylation sites is 1. The van der Waals surface area contributed by atoms with Gasteiger partial charge >= 0.3 is 0 Å². The molecule has 2 aromatic rings. The highest BCUT2D eigenvalue weighted by Gasteiger charge is 2.29. The van der Waals surface area contributed by atoms with Gasteiger partial charge in [0.1, 0.15) is 6.04 Å². The van der Waals surface area contributed by atoms with E-state index in [0.717, 1.165) is 31.5 Å². The van der Waals surface area contributed by atoms with E-state index in [4.69, 9.17) is 0 Å². The lowest BCUT2D eigenvalue weighted by Gasteiger charge is -2.34. The number of aryl methyl sites for hydroxylation is 1. The Balaban J connectivity index is 1.62. The lowest BCUT2D eigenvalue weighted by atomic mass is 10.0. The molecule has 0 saturated carbocycles. The fourth-order valence-electron chi connectivity index (χ4n) is 3.88. The van der Waals surface area contributed by atoms with Crippen molar-refractivity contribution in [3.8, 4) is 0 Å². The first-order valence-corrected chi connectivity index (χ1v) is 12.4. The number of sulfonamides is 1. The summed E-state index contributed by atoms with van der Waals surface area (Å²) >= 11 is 0. The highest BCUT2D eigenvalue weighted by molar-refractivity contribution is 7.89. The fourth-order valence-corrected chi connectivity index (χ4v) is 5.08. The van der Waals surface area contributed by atoms with Gasteiger partial charge < -0.3 is 10.2 Å². The van der Waals surface area contributed by atoms with Gasteiger partial charge in [-0.1, -0.05) is 49.7 Å². The molecular weight excluding hydrogens is 410 g/mol. The van der Waals surface area contributed by atoms with Crippen LogP contribution >= 0.6 is 0 Å². The predicted octanol–water partition coefficient (Wildman–Crippen LogP) is 3.47. The Morgan fingerprint density at radius 2 is 1.65 bits per heavy atom. The summed E-state index contributed by atoms with van der Waals surface area (Å²) in [4.78, 5) is 15.5. The van der Waals surface area contributed by atoms with E-state index in [1.807, 2.05) is 39.0 Å². The van der Waals surface area contributed by atoms with Gasteiger partial charge in [-0.15, -0.1) is 0 Å². The van der Waals surface area contributed by atoms with Crippen LogP contribution < -0.4 is 14.9 Å². The fraction of sp³-hybridized carbons (Fsp3) is 0.458. The van der Waals surface area contributed by atoms with Crippen LogP contribution in [0.2, 0.25) is 0 Å². The second-order valence-corrected chi connectivity index (χ2v) is 10.4. The van der Waals surface area contributed by atoms with Crippen LogP contribution in [-0.2, 0) is 14.8 Å². The molecule has 2 N–H and O–H groups in total. The lowest BCUT2D eigenvalue weighted by molar-refractivity contribution is -0.123. The zero-order chi connectivity index (χ0) is 22.4. The normalized spacial score (nSPS) is 16.3. The minimum absolute atomic E-state index is 0.0472. The number of carbonyl (C=O) groups is 1. The summed E-state index contributed by atoms with van der Waals surface area (Å²) in [6.45, 7) is 7.59. The lowest BCUT2D eigenvalue weighted by Crippen LogP contribution is -2.52. The average Bonchev–Trinajstić information content (AvgIpc) is 2.74. The Hall–Kier alpha value is -2.38. The van der Waals surface area contributed by atoms with E-state index in [-0.39, 0.29) is 22.8 Å². The number of nitrogens with one attached hydrogen (secondary N) is 2. The number of anilines is 1. The first-order chi connectivity index (χ1) is 14.7. The topological polar surface area (TPSA) is 78.5 Å². The molecule has 7 heteroatoms. The highest BCUT2D eigenvalue weighted by Crippen LogP contribution is 2.20. The largest absolute Gasteiger partial charge is 0.371 e. The van der Waals surface area contributed by atoms with Crippen LogP contribution in [0.5, 0.6) is 0 Å². The molecule has 1 amide bonds. The van der Waals surface area contributed by atoms with Crippen molar-refractivity contribution < 1.29 is 13.2 Å². The Labute approximate surface area is 186 Å². The van der Waals surface area contributed by atoms with Crippen molar-refractivity contribution in [3.05, 3.63) is 60.2 Å². The molecule has 0 bridgehead atoms. The first-order valence-electron chi connectivity index (χ1n) is 10.9. The van der Waals surface area contributed by atoms with E-state index in [1.165, 1.54) is 5.69 Å². The van der Waals surface area contributed by atoms with E-state index in [9.17, 15) is 13.2 Å². The van der Waals surface area contributed by atoms with Gasteiger partial charge in [0, 0.05) is 24.8 Å². The Morgan fingerprint density at radius 1 is 1.03 bits per heavy atom. The van der Waals surface area contributed by atoms with E-state index >= 15 is 0 Å². The van der Waals surface area contributed by atoms with Crippen LogP contribution in [0.1, 0.15) is 38.7 Å². The number of hydrogen-bond acceptors (Lipinski definition) is 4. The van der Waals surface area contributed by atoms with Crippen LogP contribution in [-0.4, -0.2) is 39.5 Å². The molecule has 1 aliphatic rings. The minimum Gasteiger partial charge on any atom is -0.371 e. The van der Waals surface area contributed by atoms with Crippen LogP contribution in [0.3, 0.4) is 0 Å². The smallest absolute Gasteiger partial charge is 0.241 e. The molecule has 0 aromatic heterocycles. The summed E-state index contributed by atoms with van der Waals surface area (Å²) < 4.78 is 28.3. The van der Waals surface area contributed by atoms with Gasteiger partial charge in [0.25, 0.3) is 0 Å². The number of nitrogens with zero attached hydrogens (tertiary/aromatic N) is 1. The predicted molar refractivity (Wildman–Crippen MR) is 125 cm³/mol. The molecule has 1 fully saturated rings. The molecule has 168 valence electrons. The third-order valence-corrected chi connectivity index (χ3v) is 7.10. The van der Waals surface area contributed by atoms with Crippen molar-refractivity contribution >= 4 is 21.6 Å². The molecule has 0 radical (unpaired) electrons. The average molecular weight is 444 g/mol. The maximum absolute atomic E-state index is 13.0. The summed E-state index contributed by atoms with van der Waals surface area (Å²) in [5.74, 6) is -0.0704. The number of piperidine rings is 1. The molecule has 0 spiro atoms. The van der Waals surface area contributed by atoms with Crippen molar-refractivity contribution in [2.75, 3.05) is 18.0 Å². The zero-order valence-electron chi connectivity index (χ0n) is 18.5. The second-order valence-electron chi connectivity index (χ2n) is 8.72. The molecule has 2 aromatic carbocycles. The number of carbonyl (C=O) groups excluding carboxylic acids is 1. The van der Waals surface area contributed by atoms with Crippen LogP contribution in [0.25, 0.3) is 0 Å². The first kappa shape index (κ1) is 23.3. The van der Waals surface area contributed by atoms with Crippen molar-refractivity contribution in [2.45, 2.75) is 57.0 Å². The molecule has 1 heterocycles. The van der Waals surface area contributed by atoms with Crippen LogP contribution in [0.4, 0.5) is 5.69 Å². The van der Waals surface area contributed by atoms with Crippen molar-refractivity contribution in [1.82, 2.24) is 10.0 Å². The molecule has 6 nitrogen and oxygen atoms in total. The van der Waals surface area contributed by atoms with E-state index in [0.29, 0.717) is 6.42 Å². The molecule has 1 aliphatic heterocycles. The molecule has 3 rings (SSSR count). The summed E-state index contributed by atoms with van der Waals surface area (Å²) in [5.41, 5.74) is 2.17. The number of amides is 1. The summed E-state index contributed by atoms with van der Waals surface area (Å²) in [6.07, 6.45) is 2.11. The maximum atomic E-state index is 13.0. The summed E-state index contributed by atoms with van der Waals surface area (Å²) in [5, 5.41) is 3.09. The SMILES string of the molecule is Cc1ccc(S(=O)(=O)NC(CC(C)C)C(=O)NC2CCN(c3ccccc3)CC2)cc1. The van der Waals surface area contributed by atoms with Gasteiger partial charge in [-0.2, -0.15) is 4.72 Å². The van der Waals surface area contributed by atoms with Crippen LogP contribution in [0, 0.1) is 12.8 Å². The van der Waals surface area contributed by atoms with Gasteiger partial charge in [0.15, 0.2) is 0 Å². The third kappa shape index (κ3) is 6.55. The van der Waals surface area contributed by atoms with Crippen LogP contribution in [0.15, 0.2) is 59.5 Å². The van der Waals surface area contributed by atoms with Gasteiger partial charge in [-0.05, 0) is 56.4 Å². The Kier molecular flexibility index (Phi) is 7.73. The zero-order valence-corrected chi connectivity index (χ0v) is 19.4. The van der Waals surface area contributed by atoms with Gasteiger partial charge in [-0.3, -0.25) is 4.79 Å². The third-order valence-electron chi connectivity index (χ3n) is 5.61. The van der Waals surface area contributed by atoms with Gasteiger partial charge in [-0.25, -0.2) is 8.42 Å². The van der Waals surface area contributed by atoms with E-state index in [2.05, 4.69) is 27.1 Å². The van der Waals surface area contributed by atoms with Crippen molar-refractivity contribution in [3.63, 3.8) is 0 Å². The van der Waals surface area contributed by atoms with E-state index < -0.39 is 16.1 Å². The molecule has 1 atom stereocenters.